The van der Waals surface area contributed by atoms with Gasteiger partial charge in [0, 0.05) is 18.4 Å². The van der Waals surface area contributed by atoms with Crippen molar-refractivity contribution in [2.45, 2.75) is 19.3 Å². The molecule has 1 N–H and O–H groups in total. The Balaban J connectivity index is 1.31. The van der Waals surface area contributed by atoms with Crippen LogP contribution >= 0.6 is 0 Å². The molecule has 0 bridgehead atoms. The SMILES string of the molecule is COc1ccc(OCCNC(=O)CCCC(=O)c2ccc3c(c2)OCCO3)cc1. The van der Waals surface area contributed by atoms with Gasteiger partial charge >= 0.3 is 0 Å². The third-order valence-corrected chi connectivity index (χ3v) is 4.42. The fraction of sp³-hybridized carbons (Fsp3) is 0.364. The number of hydrogen-bond acceptors (Lipinski definition) is 6. The van der Waals surface area contributed by atoms with E-state index in [0.717, 1.165) is 5.75 Å². The van der Waals surface area contributed by atoms with Crippen LogP contribution in [0.2, 0.25) is 0 Å². The Morgan fingerprint density at radius 3 is 2.45 bits per heavy atom. The topological polar surface area (TPSA) is 83.1 Å². The predicted octanol–water partition coefficient (Wildman–Crippen LogP) is 3.01. The number of carbonyl (C=O) groups excluding carboxylic acids is 2. The molecule has 0 atom stereocenters. The third kappa shape index (κ3) is 6.14. The monoisotopic (exact) mass is 399 g/mol. The van der Waals surface area contributed by atoms with Crippen LogP contribution in [0.3, 0.4) is 0 Å². The second-order valence-electron chi connectivity index (χ2n) is 6.51. The third-order valence-electron chi connectivity index (χ3n) is 4.42. The minimum atomic E-state index is -0.0988. The fourth-order valence-corrected chi connectivity index (χ4v) is 2.89. The van der Waals surface area contributed by atoms with Crippen molar-refractivity contribution in [1.82, 2.24) is 5.32 Å². The number of rotatable bonds is 10. The zero-order chi connectivity index (χ0) is 20.5. The molecule has 0 aliphatic carbocycles. The number of carbonyl (C=O) groups is 2. The molecule has 29 heavy (non-hydrogen) atoms. The van der Waals surface area contributed by atoms with Crippen LogP contribution in [0.5, 0.6) is 23.0 Å². The lowest BCUT2D eigenvalue weighted by atomic mass is 10.0. The number of ether oxygens (including phenoxy) is 4. The van der Waals surface area contributed by atoms with E-state index in [1.807, 2.05) is 24.3 Å². The van der Waals surface area contributed by atoms with Gasteiger partial charge in [-0.15, -0.1) is 0 Å². The summed E-state index contributed by atoms with van der Waals surface area (Å²) in [6.07, 6.45) is 1.08. The maximum absolute atomic E-state index is 12.3. The number of benzene rings is 2. The standard InChI is InChI=1S/C22H25NO6/c1-26-17-6-8-18(9-7-17)27-12-11-23-22(25)4-2-3-19(24)16-5-10-20-21(15-16)29-14-13-28-20/h5-10,15H,2-4,11-14H2,1H3,(H,23,25). The maximum Gasteiger partial charge on any atom is 0.220 e. The summed E-state index contributed by atoms with van der Waals surface area (Å²) in [5.74, 6) is 2.61. The van der Waals surface area contributed by atoms with E-state index in [-0.39, 0.29) is 11.7 Å². The van der Waals surface area contributed by atoms with Gasteiger partial charge in [0.2, 0.25) is 5.91 Å². The lowest BCUT2D eigenvalue weighted by Gasteiger charge is -2.18. The summed E-state index contributed by atoms with van der Waals surface area (Å²) in [4.78, 5) is 24.2. The predicted molar refractivity (Wildman–Crippen MR) is 107 cm³/mol. The summed E-state index contributed by atoms with van der Waals surface area (Å²) in [5.41, 5.74) is 0.572. The lowest BCUT2D eigenvalue weighted by molar-refractivity contribution is -0.121. The molecule has 0 saturated heterocycles. The molecule has 2 aromatic carbocycles. The Hall–Kier alpha value is -3.22. The van der Waals surface area contributed by atoms with E-state index in [0.29, 0.717) is 68.4 Å². The molecule has 1 amide bonds. The van der Waals surface area contributed by atoms with Gasteiger partial charge in [0.1, 0.15) is 31.3 Å². The first-order chi connectivity index (χ1) is 14.2. The van der Waals surface area contributed by atoms with Gasteiger partial charge in [0.15, 0.2) is 17.3 Å². The van der Waals surface area contributed by atoms with Gasteiger partial charge in [0.05, 0.1) is 13.7 Å². The van der Waals surface area contributed by atoms with Crippen LogP contribution in [0.15, 0.2) is 42.5 Å². The summed E-state index contributed by atoms with van der Waals surface area (Å²) in [6.45, 7) is 1.77. The molecule has 0 radical (unpaired) electrons. The van der Waals surface area contributed by atoms with Crippen LogP contribution in [0.25, 0.3) is 0 Å². The second-order valence-corrected chi connectivity index (χ2v) is 6.51. The molecular weight excluding hydrogens is 374 g/mol. The zero-order valence-electron chi connectivity index (χ0n) is 16.4. The van der Waals surface area contributed by atoms with Crippen molar-refractivity contribution in [3.63, 3.8) is 0 Å². The first kappa shape index (κ1) is 20.5. The highest BCUT2D eigenvalue weighted by Crippen LogP contribution is 2.31. The molecule has 1 aliphatic heterocycles. The van der Waals surface area contributed by atoms with Crippen molar-refractivity contribution in [3.8, 4) is 23.0 Å². The quantitative estimate of drug-likeness (QED) is 0.488. The molecule has 7 heteroatoms. The van der Waals surface area contributed by atoms with Crippen molar-refractivity contribution in [2.24, 2.45) is 0 Å². The summed E-state index contributed by atoms with van der Waals surface area (Å²) in [6, 6.07) is 12.4. The van der Waals surface area contributed by atoms with Gasteiger partial charge in [-0.1, -0.05) is 0 Å². The zero-order valence-corrected chi connectivity index (χ0v) is 16.4. The van der Waals surface area contributed by atoms with Gasteiger partial charge in [-0.25, -0.2) is 0 Å². The van der Waals surface area contributed by atoms with Crippen LogP contribution in [0.1, 0.15) is 29.6 Å². The number of amides is 1. The Kier molecular flexibility index (Phi) is 7.33. The molecule has 1 aliphatic rings. The van der Waals surface area contributed by atoms with Crippen molar-refractivity contribution in [1.29, 1.82) is 0 Å². The van der Waals surface area contributed by atoms with Crippen molar-refractivity contribution in [2.75, 3.05) is 33.5 Å². The fourth-order valence-electron chi connectivity index (χ4n) is 2.89. The molecule has 0 spiro atoms. The average Bonchev–Trinajstić information content (AvgIpc) is 2.76. The van der Waals surface area contributed by atoms with Crippen LogP contribution in [-0.2, 0) is 4.79 Å². The molecule has 1 heterocycles. The number of fused-ring (bicyclic) bond motifs is 1. The molecule has 7 nitrogen and oxygen atoms in total. The highest BCUT2D eigenvalue weighted by Gasteiger charge is 2.15. The van der Waals surface area contributed by atoms with E-state index in [9.17, 15) is 9.59 Å². The minimum Gasteiger partial charge on any atom is -0.497 e. The molecule has 0 unspecified atom stereocenters. The number of hydrogen-bond donors (Lipinski definition) is 1. The number of methoxy groups -OCH3 is 1. The Morgan fingerprint density at radius 2 is 1.69 bits per heavy atom. The summed E-state index contributed by atoms with van der Waals surface area (Å²) in [7, 11) is 1.61. The average molecular weight is 399 g/mol. The molecule has 2 aromatic rings. The smallest absolute Gasteiger partial charge is 0.220 e. The Labute approximate surface area is 169 Å². The Morgan fingerprint density at radius 1 is 0.966 bits per heavy atom. The molecule has 3 rings (SSSR count). The van der Waals surface area contributed by atoms with Crippen molar-refractivity contribution < 1.29 is 28.5 Å². The van der Waals surface area contributed by atoms with E-state index in [4.69, 9.17) is 18.9 Å². The minimum absolute atomic E-state index is 0.0161. The molecule has 0 saturated carbocycles. The van der Waals surface area contributed by atoms with E-state index in [2.05, 4.69) is 5.32 Å². The van der Waals surface area contributed by atoms with E-state index < -0.39 is 0 Å². The number of ketones is 1. The van der Waals surface area contributed by atoms with Crippen molar-refractivity contribution in [3.05, 3.63) is 48.0 Å². The summed E-state index contributed by atoms with van der Waals surface area (Å²) < 4.78 is 21.6. The largest absolute Gasteiger partial charge is 0.497 e. The van der Waals surface area contributed by atoms with Gasteiger partial charge in [-0.05, 0) is 48.9 Å². The highest BCUT2D eigenvalue weighted by molar-refractivity contribution is 5.96. The van der Waals surface area contributed by atoms with Crippen LogP contribution < -0.4 is 24.3 Å². The van der Waals surface area contributed by atoms with Crippen molar-refractivity contribution >= 4 is 11.7 Å². The lowest BCUT2D eigenvalue weighted by Crippen LogP contribution is -2.27. The highest BCUT2D eigenvalue weighted by atomic mass is 16.6. The molecule has 154 valence electrons. The second kappa shape index (κ2) is 10.4. The summed E-state index contributed by atoms with van der Waals surface area (Å²) >= 11 is 0. The Bertz CT molecular complexity index is 834. The van der Waals surface area contributed by atoms with E-state index in [1.54, 1.807) is 25.3 Å². The normalized spacial score (nSPS) is 12.2. The maximum atomic E-state index is 12.3. The molecular formula is C22H25NO6. The molecule has 0 fully saturated rings. The van der Waals surface area contributed by atoms with Gasteiger partial charge in [-0.2, -0.15) is 0 Å². The van der Waals surface area contributed by atoms with E-state index >= 15 is 0 Å². The van der Waals surface area contributed by atoms with Crippen LogP contribution in [0, 0.1) is 0 Å². The summed E-state index contributed by atoms with van der Waals surface area (Å²) in [5, 5.41) is 2.79. The number of nitrogens with one attached hydrogen (secondary N) is 1. The molecule has 0 aromatic heterocycles. The van der Waals surface area contributed by atoms with Gasteiger partial charge < -0.3 is 24.3 Å². The van der Waals surface area contributed by atoms with Crippen LogP contribution in [-0.4, -0.2) is 45.2 Å². The number of Topliss-reactive ketones (excluding diaryl/α,β-unsaturated/α-hetero) is 1. The van der Waals surface area contributed by atoms with E-state index in [1.165, 1.54) is 0 Å². The van der Waals surface area contributed by atoms with Gasteiger partial charge in [-0.3, -0.25) is 9.59 Å². The van der Waals surface area contributed by atoms with Crippen LogP contribution in [0.4, 0.5) is 0 Å². The van der Waals surface area contributed by atoms with Gasteiger partial charge in [0.25, 0.3) is 0 Å². The first-order valence-electron chi connectivity index (χ1n) is 9.62. The first-order valence-corrected chi connectivity index (χ1v) is 9.62.